The Morgan fingerprint density at radius 3 is 2.69 bits per heavy atom. The van der Waals surface area contributed by atoms with E-state index in [1.807, 2.05) is 18.2 Å². The molecule has 13 heavy (non-hydrogen) atoms. The van der Waals surface area contributed by atoms with E-state index in [4.69, 9.17) is 11.6 Å². The van der Waals surface area contributed by atoms with Crippen LogP contribution in [0.5, 0.6) is 0 Å². The number of nitrogens with zero attached hydrogens (tertiary/aromatic N) is 1. The van der Waals surface area contributed by atoms with E-state index >= 15 is 0 Å². The van der Waals surface area contributed by atoms with Gasteiger partial charge in [0.15, 0.2) is 0 Å². The number of pyridine rings is 1. The van der Waals surface area contributed by atoms with Crippen LogP contribution in [0.1, 0.15) is 0 Å². The van der Waals surface area contributed by atoms with E-state index in [0.29, 0.717) is 5.02 Å². The van der Waals surface area contributed by atoms with Crippen molar-refractivity contribution in [2.45, 2.75) is 0 Å². The molecule has 66 valence electrons. The van der Waals surface area contributed by atoms with Gasteiger partial charge in [0.05, 0.1) is 5.52 Å². The minimum Gasteiger partial charge on any atom is -0.255 e. The third-order valence-corrected chi connectivity index (χ3v) is 3.22. The van der Waals surface area contributed by atoms with E-state index < -0.39 is 0 Å². The second kappa shape index (κ2) is 3.56. The van der Waals surface area contributed by atoms with E-state index in [1.54, 1.807) is 6.20 Å². The fourth-order valence-electron chi connectivity index (χ4n) is 1.15. The van der Waals surface area contributed by atoms with Gasteiger partial charge in [0, 0.05) is 25.6 Å². The summed E-state index contributed by atoms with van der Waals surface area (Å²) >= 11 is 12.8. The summed E-state index contributed by atoms with van der Waals surface area (Å²) in [5.41, 5.74) is 0.916. The van der Waals surface area contributed by atoms with Crippen LogP contribution in [0.2, 0.25) is 5.02 Å². The number of halogens is 3. The third kappa shape index (κ3) is 1.73. The van der Waals surface area contributed by atoms with E-state index in [0.717, 1.165) is 19.8 Å². The average Bonchev–Trinajstić information content (AvgIpc) is 2.07. The minimum absolute atomic E-state index is 0.702. The van der Waals surface area contributed by atoms with Crippen molar-refractivity contribution in [2.75, 3.05) is 0 Å². The van der Waals surface area contributed by atoms with Gasteiger partial charge in [-0.3, -0.25) is 4.98 Å². The fraction of sp³-hybridized carbons (Fsp3) is 0. The largest absolute Gasteiger partial charge is 0.255 e. The molecule has 0 aliphatic carbocycles. The molecule has 4 heteroatoms. The van der Waals surface area contributed by atoms with Crippen molar-refractivity contribution in [1.29, 1.82) is 0 Å². The maximum Gasteiger partial charge on any atom is 0.0856 e. The number of hydrogen-bond donors (Lipinski definition) is 0. The minimum atomic E-state index is 0.702. The first-order valence-corrected chi connectivity index (χ1v) is 5.54. The van der Waals surface area contributed by atoms with Crippen molar-refractivity contribution >= 4 is 54.4 Å². The normalized spacial score (nSPS) is 10.7. The molecular weight excluding hydrogens is 317 g/mol. The highest BCUT2D eigenvalue weighted by atomic mass is 79.9. The third-order valence-electron chi connectivity index (χ3n) is 1.71. The Hall–Kier alpha value is -0.120. The standard InChI is InChI=1S/C9H4Br2ClN/c10-7-1-2-13-9-6(7)3-5(12)4-8(9)11/h1-4H. The zero-order valence-electron chi connectivity index (χ0n) is 6.39. The molecule has 2 aromatic rings. The lowest BCUT2D eigenvalue weighted by Gasteiger charge is -2.02. The molecule has 0 aliphatic heterocycles. The molecule has 1 heterocycles. The first-order valence-electron chi connectivity index (χ1n) is 3.58. The molecule has 0 unspecified atom stereocenters. The van der Waals surface area contributed by atoms with Gasteiger partial charge in [-0.05, 0) is 34.1 Å². The van der Waals surface area contributed by atoms with Crippen LogP contribution in [-0.2, 0) is 0 Å². The molecule has 0 radical (unpaired) electrons. The van der Waals surface area contributed by atoms with Crippen LogP contribution in [0.25, 0.3) is 10.9 Å². The molecule has 0 N–H and O–H groups in total. The van der Waals surface area contributed by atoms with Gasteiger partial charge in [-0.25, -0.2) is 0 Å². The SMILES string of the molecule is Clc1cc(Br)c2nccc(Br)c2c1. The van der Waals surface area contributed by atoms with Crippen molar-refractivity contribution in [1.82, 2.24) is 4.98 Å². The second-order valence-electron chi connectivity index (χ2n) is 2.58. The smallest absolute Gasteiger partial charge is 0.0856 e. The first kappa shape index (κ1) is 9.44. The summed E-state index contributed by atoms with van der Waals surface area (Å²) in [5, 5.41) is 1.72. The Morgan fingerprint density at radius 2 is 1.92 bits per heavy atom. The van der Waals surface area contributed by atoms with Crippen LogP contribution in [0, 0.1) is 0 Å². The molecule has 0 saturated heterocycles. The van der Waals surface area contributed by atoms with E-state index in [-0.39, 0.29) is 0 Å². The van der Waals surface area contributed by atoms with E-state index in [1.165, 1.54) is 0 Å². The summed E-state index contributed by atoms with van der Waals surface area (Å²) in [6, 6.07) is 5.62. The number of benzene rings is 1. The van der Waals surface area contributed by atoms with Crippen LogP contribution in [0.4, 0.5) is 0 Å². The van der Waals surface area contributed by atoms with Crippen molar-refractivity contribution in [3.8, 4) is 0 Å². The molecule has 0 bridgehead atoms. The van der Waals surface area contributed by atoms with Gasteiger partial charge in [0.1, 0.15) is 0 Å². The molecule has 0 saturated carbocycles. The number of fused-ring (bicyclic) bond motifs is 1. The quantitative estimate of drug-likeness (QED) is 0.700. The molecule has 2 rings (SSSR count). The predicted molar refractivity (Wildman–Crippen MR) is 62.2 cm³/mol. The fourth-order valence-corrected chi connectivity index (χ4v) is 2.48. The zero-order valence-corrected chi connectivity index (χ0v) is 10.3. The molecule has 1 nitrogen and oxygen atoms in total. The highest BCUT2D eigenvalue weighted by Gasteiger charge is 2.04. The van der Waals surface area contributed by atoms with Gasteiger partial charge in [-0.15, -0.1) is 0 Å². The lowest BCUT2D eigenvalue weighted by molar-refractivity contribution is 1.39. The average molecular weight is 321 g/mol. The van der Waals surface area contributed by atoms with Crippen molar-refractivity contribution in [3.63, 3.8) is 0 Å². The summed E-state index contributed by atoms with van der Waals surface area (Å²) in [6.07, 6.45) is 1.76. The summed E-state index contributed by atoms with van der Waals surface area (Å²) in [6.45, 7) is 0. The first-order chi connectivity index (χ1) is 6.18. The summed E-state index contributed by atoms with van der Waals surface area (Å²) in [4.78, 5) is 4.25. The molecular formula is C9H4Br2ClN. The number of aromatic nitrogens is 1. The Kier molecular flexibility index (Phi) is 2.58. The molecule has 0 atom stereocenters. The topological polar surface area (TPSA) is 12.9 Å². The van der Waals surface area contributed by atoms with Gasteiger partial charge < -0.3 is 0 Å². The maximum absolute atomic E-state index is 5.92. The Bertz CT molecular complexity index is 470. The maximum atomic E-state index is 5.92. The van der Waals surface area contributed by atoms with Gasteiger partial charge in [-0.2, -0.15) is 0 Å². The molecule has 0 amide bonds. The van der Waals surface area contributed by atoms with Crippen LogP contribution >= 0.6 is 43.5 Å². The molecule has 0 aliphatic rings. The Morgan fingerprint density at radius 1 is 1.15 bits per heavy atom. The summed E-state index contributed by atoms with van der Waals surface area (Å²) < 4.78 is 1.91. The van der Waals surface area contributed by atoms with Crippen molar-refractivity contribution < 1.29 is 0 Å². The van der Waals surface area contributed by atoms with Crippen molar-refractivity contribution in [2.24, 2.45) is 0 Å². The van der Waals surface area contributed by atoms with Crippen molar-refractivity contribution in [3.05, 3.63) is 38.4 Å². The lowest BCUT2D eigenvalue weighted by atomic mass is 10.2. The molecule has 1 aromatic heterocycles. The Balaban J connectivity index is 2.94. The predicted octanol–water partition coefficient (Wildman–Crippen LogP) is 4.41. The molecule has 0 fully saturated rings. The van der Waals surface area contributed by atoms with Gasteiger partial charge in [-0.1, -0.05) is 27.5 Å². The number of rotatable bonds is 0. The monoisotopic (exact) mass is 319 g/mol. The lowest BCUT2D eigenvalue weighted by Crippen LogP contribution is -1.81. The summed E-state index contributed by atoms with van der Waals surface area (Å²) in [7, 11) is 0. The van der Waals surface area contributed by atoms with Crippen LogP contribution in [0.3, 0.4) is 0 Å². The molecule has 1 aromatic carbocycles. The van der Waals surface area contributed by atoms with Crippen LogP contribution < -0.4 is 0 Å². The highest BCUT2D eigenvalue weighted by molar-refractivity contribution is 9.11. The Labute approximate surface area is 97.4 Å². The van der Waals surface area contributed by atoms with Crippen LogP contribution in [-0.4, -0.2) is 4.98 Å². The van der Waals surface area contributed by atoms with Gasteiger partial charge >= 0.3 is 0 Å². The zero-order chi connectivity index (χ0) is 9.42. The molecule has 0 spiro atoms. The van der Waals surface area contributed by atoms with Gasteiger partial charge in [0.2, 0.25) is 0 Å². The second-order valence-corrected chi connectivity index (χ2v) is 4.72. The number of hydrogen-bond acceptors (Lipinski definition) is 1. The summed E-state index contributed by atoms with van der Waals surface area (Å²) in [5.74, 6) is 0. The highest BCUT2D eigenvalue weighted by Crippen LogP contribution is 2.30. The van der Waals surface area contributed by atoms with Crippen LogP contribution in [0.15, 0.2) is 33.3 Å². The van der Waals surface area contributed by atoms with E-state index in [9.17, 15) is 0 Å². The van der Waals surface area contributed by atoms with Gasteiger partial charge in [0.25, 0.3) is 0 Å². The van der Waals surface area contributed by atoms with E-state index in [2.05, 4.69) is 36.8 Å².